The highest BCUT2D eigenvalue weighted by atomic mass is 16.5. The van der Waals surface area contributed by atoms with E-state index in [1.807, 2.05) is 0 Å². The Bertz CT molecular complexity index is 367. The van der Waals surface area contributed by atoms with Gasteiger partial charge in [-0.3, -0.25) is 4.79 Å². The zero-order valence-corrected chi connectivity index (χ0v) is 8.28. The van der Waals surface area contributed by atoms with Gasteiger partial charge in [-0.05, 0) is 11.8 Å². The third-order valence-electron chi connectivity index (χ3n) is 2.75. The van der Waals surface area contributed by atoms with Crippen LogP contribution in [0.3, 0.4) is 0 Å². The molecule has 2 rings (SSSR count). The van der Waals surface area contributed by atoms with E-state index in [1.54, 1.807) is 0 Å². The van der Waals surface area contributed by atoms with Gasteiger partial charge < -0.3 is 9.63 Å². The monoisotopic (exact) mass is 195 g/mol. The molecule has 0 aromatic carbocycles. The number of hydrogen-bond donors (Lipinski definition) is 1. The number of carboxylic acids is 1. The van der Waals surface area contributed by atoms with Gasteiger partial charge in [0.2, 0.25) is 0 Å². The summed E-state index contributed by atoms with van der Waals surface area (Å²) in [5.41, 5.74) is 0.729. The van der Waals surface area contributed by atoms with Gasteiger partial charge in [-0.15, -0.1) is 0 Å². The fourth-order valence-electron chi connectivity index (χ4n) is 2.08. The number of rotatable bonds is 1. The molecule has 0 spiro atoms. The zero-order valence-electron chi connectivity index (χ0n) is 8.28. The second-order valence-corrected chi connectivity index (χ2v) is 4.64. The molecule has 76 valence electrons. The van der Waals surface area contributed by atoms with E-state index in [-0.39, 0.29) is 5.41 Å². The van der Waals surface area contributed by atoms with Crippen LogP contribution in [0.15, 0.2) is 10.7 Å². The topological polar surface area (TPSA) is 63.3 Å². The van der Waals surface area contributed by atoms with Gasteiger partial charge in [0.15, 0.2) is 0 Å². The molecule has 0 radical (unpaired) electrons. The van der Waals surface area contributed by atoms with Gasteiger partial charge in [0.05, 0.1) is 12.1 Å². The molecule has 0 amide bonds. The van der Waals surface area contributed by atoms with E-state index in [0.717, 1.165) is 17.7 Å². The minimum atomic E-state index is -0.790. The molecule has 1 aromatic heterocycles. The van der Waals surface area contributed by atoms with Crippen LogP contribution in [-0.4, -0.2) is 16.2 Å². The van der Waals surface area contributed by atoms with Gasteiger partial charge in [-0.2, -0.15) is 0 Å². The van der Waals surface area contributed by atoms with E-state index in [2.05, 4.69) is 19.0 Å². The highest BCUT2D eigenvalue weighted by Crippen LogP contribution is 2.41. The maximum absolute atomic E-state index is 11.0. The zero-order chi connectivity index (χ0) is 10.3. The quantitative estimate of drug-likeness (QED) is 0.742. The SMILES string of the molecule is CC1(C)Cc2oncc2C(C(=O)O)C1. The molecule has 4 nitrogen and oxygen atoms in total. The lowest BCUT2D eigenvalue weighted by molar-refractivity contribution is -0.140. The third kappa shape index (κ3) is 1.41. The number of nitrogens with zero attached hydrogens (tertiary/aromatic N) is 1. The first-order chi connectivity index (χ1) is 6.49. The van der Waals surface area contributed by atoms with Crippen molar-refractivity contribution in [2.45, 2.75) is 32.6 Å². The van der Waals surface area contributed by atoms with E-state index in [9.17, 15) is 4.79 Å². The van der Waals surface area contributed by atoms with Crippen LogP contribution in [-0.2, 0) is 11.2 Å². The van der Waals surface area contributed by atoms with Crippen LogP contribution < -0.4 is 0 Å². The molecule has 0 saturated heterocycles. The van der Waals surface area contributed by atoms with Crippen LogP contribution in [0.5, 0.6) is 0 Å². The first-order valence-electron chi connectivity index (χ1n) is 4.66. The highest BCUT2D eigenvalue weighted by Gasteiger charge is 2.38. The number of carbonyl (C=O) groups is 1. The molecule has 1 atom stereocenters. The van der Waals surface area contributed by atoms with E-state index < -0.39 is 11.9 Å². The van der Waals surface area contributed by atoms with Crippen molar-refractivity contribution in [3.63, 3.8) is 0 Å². The molecule has 1 aromatic rings. The summed E-state index contributed by atoms with van der Waals surface area (Å²) in [6, 6.07) is 0. The van der Waals surface area contributed by atoms with Gasteiger partial charge in [-0.25, -0.2) is 0 Å². The van der Waals surface area contributed by atoms with E-state index >= 15 is 0 Å². The first-order valence-corrected chi connectivity index (χ1v) is 4.66. The number of fused-ring (bicyclic) bond motifs is 1. The summed E-state index contributed by atoms with van der Waals surface area (Å²) in [4.78, 5) is 11.0. The maximum atomic E-state index is 11.0. The predicted molar refractivity (Wildman–Crippen MR) is 49.0 cm³/mol. The lowest BCUT2D eigenvalue weighted by atomic mass is 9.72. The van der Waals surface area contributed by atoms with Gasteiger partial charge >= 0.3 is 5.97 Å². The van der Waals surface area contributed by atoms with Crippen molar-refractivity contribution in [2.24, 2.45) is 5.41 Å². The molecular weight excluding hydrogens is 182 g/mol. The van der Waals surface area contributed by atoms with Crippen LogP contribution in [0.4, 0.5) is 0 Å². The van der Waals surface area contributed by atoms with Gasteiger partial charge in [0.25, 0.3) is 0 Å². The maximum Gasteiger partial charge on any atom is 0.311 e. The van der Waals surface area contributed by atoms with Crippen LogP contribution in [0.25, 0.3) is 0 Å². The van der Waals surface area contributed by atoms with Gasteiger partial charge in [-0.1, -0.05) is 19.0 Å². The lowest BCUT2D eigenvalue weighted by Gasteiger charge is -2.31. The second kappa shape index (κ2) is 2.83. The summed E-state index contributed by atoms with van der Waals surface area (Å²) in [5.74, 6) is -0.518. The van der Waals surface area contributed by atoms with E-state index in [4.69, 9.17) is 9.63 Å². The van der Waals surface area contributed by atoms with Crippen molar-refractivity contribution < 1.29 is 14.4 Å². The van der Waals surface area contributed by atoms with Gasteiger partial charge in [0, 0.05) is 12.0 Å². The fraction of sp³-hybridized carbons (Fsp3) is 0.600. The molecule has 1 heterocycles. The molecule has 1 unspecified atom stereocenters. The fourth-order valence-corrected chi connectivity index (χ4v) is 2.08. The summed E-state index contributed by atoms with van der Waals surface area (Å²) in [7, 11) is 0. The standard InChI is InChI=1S/C10H13NO3/c1-10(2)3-6(9(12)13)7-5-11-14-8(7)4-10/h5-6H,3-4H2,1-2H3,(H,12,13). The average molecular weight is 195 g/mol. The number of aromatic nitrogens is 1. The van der Waals surface area contributed by atoms with Crippen LogP contribution >= 0.6 is 0 Å². The summed E-state index contributed by atoms with van der Waals surface area (Å²) in [5, 5.41) is 12.7. The molecule has 0 saturated carbocycles. The van der Waals surface area contributed by atoms with E-state index in [0.29, 0.717) is 6.42 Å². The van der Waals surface area contributed by atoms with E-state index in [1.165, 1.54) is 6.20 Å². The Morgan fingerprint density at radius 3 is 3.07 bits per heavy atom. The number of aliphatic carboxylic acids is 1. The highest BCUT2D eigenvalue weighted by molar-refractivity contribution is 5.76. The lowest BCUT2D eigenvalue weighted by Crippen LogP contribution is -2.28. The third-order valence-corrected chi connectivity index (χ3v) is 2.75. The molecule has 4 heteroatoms. The summed E-state index contributed by atoms with van der Waals surface area (Å²) in [6.45, 7) is 4.10. The molecule has 1 N–H and O–H groups in total. The van der Waals surface area contributed by atoms with Crippen molar-refractivity contribution in [2.75, 3.05) is 0 Å². The molecule has 0 bridgehead atoms. The Morgan fingerprint density at radius 1 is 1.71 bits per heavy atom. The molecule has 1 aliphatic rings. The molecule has 14 heavy (non-hydrogen) atoms. The minimum absolute atomic E-state index is 0.0183. The van der Waals surface area contributed by atoms with Crippen molar-refractivity contribution in [1.29, 1.82) is 0 Å². The molecular formula is C10H13NO3. The normalized spacial score (nSPS) is 24.3. The second-order valence-electron chi connectivity index (χ2n) is 4.64. The smallest absolute Gasteiger partial charge is 0.311 e. The summed E-state index contributed by atoms with van der Waals surface area (Å²) >= 11 is 0. The summed E-state index contributed by atoms with van der Waals surface area (Å²) in [6.07, 6.45) is 2.95. The Labute approximate surface area is 81.9 Å². The Kier molecular flexibility index (Phi) is 1.87. The Balaban J connectivity index is 2.42. The molecule has 1 aliphatic carbocycles. The molecule has 0 fully saturated rings. The average Bonchev–Trinajstić information content (AvgIpc) is 2.47. The summed E-state index contributed by atoms with van der Waals surface area (Å²) < 4.78 is 5.06. The van der Waals surface area contributed by atoms with Crippen molar-refractivity contribution in [3.05, 3.63) is 17.5 Å². The minimum Gasteiger partial charge on any atom is -0.481 e. The van der Waals surface area contributed by atoms with Crippen LogP contribution in [0.1, 0.15) is 37.5 Å². The van der Waals surface area contributed by atoms with Crippen molar-refractivity contribution in [1.82, 2.24) is 5.16 Å². The predicted octanol–water partition coefficient (Wildman–Crippen LogP) is 1.82. The number of carboxylic acid groups (broad SMARTS) is 1. The van der Waals surface area contributed by atoms with Crippen molar-refractivity contribution >= 4 is 5.97 Å². The Morgan fingerprint density at radius 2 is 2.43 bits per heavy atom. The number of hydrogen-bond acceptors (Lipinski definition) is 3. The van der Waals surface area contributed by atoms with Gasteiger partial charge in [0.1, 0.15) is 5.76 Å². The van der Waals surface area contributed by atoms with Crippen molar-refractivity contribution in [3.8, 4) is 0 Å². The molecule has 0 aliphatic heterocycles. The first kappa shape index (κ1) is 9.24. The van der Waals surface area contributed by atoms with Crippen LogP contribution in [0, 0.1) is 5.41 Å². The largest absolute Gasteiger partial charge is 0.481 e. The van der Waals surface area contributed by atoms with Crippen LogP contribution in [0.2, 0.25) is 0 Å². The Hall–Kier alpha value is -1.32.